The number of nitrogens with zero attached hydrogens (tertiary/aromatic N) is 3. The largest absolute Gasteiger partial charge is 0.469 e. The lowest BCUT2D eigenvalue weighted by atomic mass is 9.85. The number of nitrogens with one attached hydrogen (secondary N) is 1. The third kappa shape index (κ3) is 2.22. The average Bonchev–Trinajstić information content (AvgIpc) is 3.28. The Morgan fingerprint density at radius 3 is 2.88 bits per heavy atom. The van der Waals surface area contributed by atoms with Gasteiger partial charge in [-0.05, 0) is 37.4 Å². The van der Waals surface area contributed by atoms with Gasteiger partial charge in [0.25, 0.3) is 5.91 Å². The first kappa shape index (κ1) is 15.4. The summed E-state index contributed by atoms with van der Waals surface area (Å²) in [5.41, 5.74) is -0.275. The average molecular weight is 336 g/mol. The van der Waals surface area contributed by atoms with Crippen molar-refractivity contribution in [2.75, 3.05) is 25.0 Å². The van der Waals surface area contributed by atoms with Gasteiger partial charge in [-0.15, -0.1) is 0 Å². The fourth-order valence-corrected chi connectivity index (χ4v) is 3.77. The molecule has 3 heterocycles. The molecule has 1 N–H and O–H groups in total. The minimum Gasteiger partial charge on any atom is -0.469 e. The second-order valence-corrected chi connectivity index (χ2v) is 6.47. The van der Waals surface area contributed by atoms with E-state index in [0.29, 0.717) is 30.1 Å². The molecule has 4 rings (SSSR count). The van der Waals surface area contributed by atoms with Crippen molar-refractivity contribution in [2.45, 2.75) is 11.5 Å². The first-order valence-corrected chi connectivity index (χ1v) is 7.94. The molecular formula is C18H16N4O3. The van der Waals surface area contributed by atoms with E-state index in [1.807, 2.05) is 24.1 Å². The maximum Gasteiger partial charge on any atom is 0.329 e. The van der Waals surface area contributed by atoms with Crippen LogP contribution in [-0.2, 0) is 4.79 Å². The van der Waals surface area contributed by atoms with Crippen LogP contribution in [-0.4, -0.2) is 42.5 Å². The van der Waals surface area contributed by atoms with Gasteiger partial charge in [-0.25, -0.2) is 9.69 Å². The SMILES string of the molecule is CN1C[C@H](c2ccco2)[C@]2(C1)NC(=O)N(c1cccc(C#N)c1)C2=O. The molecule has 1 aromatic heterocycles. The molecule has 2 atom stereocenters. The maximum absolute atomic E-state index is 13.3. The number of nitriles is 1. The summed E-state index contributed by atoms with van der Waals surface area (Å²) in [5, 5.41) is 12.0. The van der Waals surface area contributed by atoms with Crippen molar-refractivity contribution in [3.63, 3.8) is 0 Å². The number of rotatable bonds is 2. The molecule has 0 radical (unpaired) electrons. The van der Waals surface area contributed by atoms with Crippen molar-refractivity contribution < 1.29 is 14.0 Å². The molecule has 25 heavy (non-hydrogen) atoms. The van der Waals surface area contributed by atoms with Gasteiger partial charge in [-0.2, -0.15) is 5.26 Å². The molecule has 3 amide bonds. The molecule has 7 heteroatoms. The van der Waals surface area contributed by atoms with Crippen LogP contribution in [0.4, 0.5) is 10.5 Å². The van der Waals surface area contributed by atoms with Crippen LogP contribution in [0.1, 0.15) is 17.2 Å². The molecular weight excluding hydrogens is 320 g/mol. The number of anilines is 1. The van der Waals surface area contributed by atoms with Gasteiger partial charge in [-0.1, -0.05) is 6.07 Å². The number of amides is 3. The van der Waals surface area contributed by atoms with Gasteiger partial charge < -0.3 is 14.6 Å². The van der Waals surface area contributed by atoms with Crippen LogP contribution in [0.25, 0.3) is 0 Å². The summed E-state index contributed by atoms with van der Waals surface area (Å²) < 4.78 is 5.52. The zero-order valence-corrected chi connectivity index (χ0v) is 13.6. The first-order chi connectivity index (χ1) is 12.0. The van der Waals surface area contributed by atoms with E-state index in [0.717, 1.165) is 4.90 Å². The summed E-state index contributed by atoms with van der Waals surface area (Å²) in [6, 6.07) is 11.6. The normalized spacial score (nSPS) is 26.2. The molecule has 0 unspecified atom stereocenters. The summed E-state index contributed by atoms with van der Waals surface area (Å²) in [7, 11) is 1.91. The van der Waals surface area contributed by atoms with Crippen LogP contribution >= 0.6 is 0 Å². The van der Waals surface area contributed by atoms with Gasteiger partial charge in [0.1, 0.15) is 11.3 Å². The van der Waals surface area contributed by atoms with E-state index < -0.39 is 11.6 Å². The Kier molecular flexibility index (Phi) is 3.37. The van der Waals surface area contributed by atoms with E-state index in [2.05, 4.69) is 5.32 Å². The molecule has 126 valence electrons. The smallest absolute Gasteiger partial charge is 0.329 e. The van der Waals surface area contributed by atoms with Gasteiger partial charge in [0.05, 0.1) is 29.5 Å². The van der Waals surface area contributed by atoms with Gasteiger partial charge in [0, 0.05) is 13.1 Å². The van der Waals surface area contributed by atoms with Crippen LogP contribution in [0.15, 0.2) is 47.1 Å². The van der Waals surface area contributed by atoms with Crippen molar-refractivity contribution in [1.82, 2.24) is 10.2 Å². The van der Waals surface area contributed by atoms with Crippen molar-refractivity contribution >= 4 is 17.6 Å². The molecule has 0 saturated carbocycles. The minimum atomic E-state index is -1.06. The third-order valence-electron chi connectivity index (χ3n) is 4.85. The van der Waals surface area contributed by atoms with Gasteiger partial charge in [0.15, 0.2) is 0 Å². The number of hydrogen-bond donors (Lipinski definition) is 1. The van der Waals surface area contributed by atoms with E-state index in [1.165, 1.54) is 6.07 Å². The predicted octanol–water partition coefficient (Wildman–Crippen LogP) is 1.68. The molecule has 1 aromatic carbocycles. The summed E-state index contributed by atoms with van der Waals surface area (Å²) in [6.07, 6.45) is 1.57. The van der Waals surface area contributed by atoms with Gasteiger partial charge >= 0.3 is 6.03 Å². The van der Waals surface area contributed by atoms with Gasteiger partial charge in [0.2, 0.25) is 0 Å². The van der Waals surface area contributed by atoms with Crippen molar-refractivity contribution in [3.8, 4) is 6.07 Å². The molecule has 7 nitrogen and oxygen atoms in total. The standard InChI is InChI=1S/C18H16N4O3/c1-21-10-14(15-6-3-7-25-15)18(11-21)16(23)22(17(24)20-18)13-5-2-4-12(8-13)9-19/h2-8,14H,10-11H2,1H3,(H,20,24)/t14-,18+/m1/s1. The predicted molar refractivity (Wildman–Crippen MR) is 88.9 cm³/mol. The zero-order chi connectivity index (χ0) is 17.6. The van der Waals surface area contributed by atoms with E-state index in [9.17, 15) is 9.59 Å². The highest BCUT2D eigenvalue weighted by Gasteiger charge is 2.61. The minimum absolute atomic E-state index is 0.270. The summed E-state index contributed by atoms with van der Waals surface area (Å²) in [6.45, 7) is 1.00. The van der Waals surface area contributed by atoms with Crippen LogP contribution in [0.5, 0.6) is 0 Å². The number of imide groups is 1. The number of furan rings is 1. The van der Waals surface area contributed by atoms with E-state index >= 15 is 0 Å². The first-order valence-electron chi connectivity index (χ1n) is 7.94. The van der Waals surface area contributed by atoms with Crippen LogP contribution in [0.2, 0.25) is 0 Å². The number of hydrogen-bond acceptors (Lipinski definition) is 5. The Morgan fingerprint density at radius 1 is 1.32 bits per heavy atom. The number of benzene rings is 1. The fraction of sp³-hybridized carbons (Fsp3) is 0.278. The third-order valence-corrected chi connectivity index (χ3v) is 4.85. The quantitative estimate of drug-likeness (QED) is 0.843. The molecule has 0 bridgehead atoms. The van der Waals surface area contributed by atoms with Crippen LogP contribution in [0, 0.1) is 11.3 Å². The highest BCUT2D eigenvalue weighted by Crippen LogP contribution is 2.41. The molecule has 2 aliphatic heterocycles. The molecule has 1 spiro atoms. The molecule has 0 aliphatic carbocycles. The van der Waals surface area contributed by atoms with Gasteiger partial charge in [-0.3, -0.25) is 4.79 Å². The lowest BCUT2D eigenvalue weighted by Gasteiger charge is -2.26. The molecule has 2 fully saturated rings. The lowest BCUT2D eigenvalue weighted by molar-refractivity contribution is -0.122. The Hall–Kier alpha value is -3.11. The molecule has 2 aromatic rings. The fourth-order valence-electron chi connectivity index (χ4n) is 3.77. The lowest BCUT2D eigenvalue weighted by Crippen LogP contribution is -2.52. The number of carbonyl (C=O) groups excluding carboxylic acids is 2. The van der Waals surface area contributed by atoms with Crippen molar-refractivity contribution in [3.05, 3.63) is 54.0 Å². The van der Waals surface area contributed by atoms with Crippen molar-refractivity contribution in [2.24, 2.45) is 0 Å². The van der Waals surface area contributed by atoms with Crippen LogP contribution in [0.3, 0.4) is 0 Å². The van der Waals surface area contributed by atoms with Crippen molar-refractivity contribution in [1.29, 1.82) is 5.26 Å². The Balaban J connectivity index is 1.76. The summed E-state index contributed by atoms with van der Waals surface area (Å²) in [5.74, 6) is 0.0806. The van der Waals surface area contributed by atoms with E-state index in [1.54, 1.807) is 30.5 Å². The number of likely N-dealkylation sites (tertiary alicyclic amines) is 1. The Labute approximate surface area is 144 Å². The molecule has 2 aliphatic rings. The number of likely N-dealkylation sites (N-methyl/N-ethyl adjacent to an activating group) is 1. The number of carbonyl (C=O) groups is 2. The highest BCUT2D eigenvalue weighted by molar-refractivity contribution is 6.24. The Morgan fingerprint density at radius 2 is 2.16 bits per heavy atom. The van der Waals surface area contributed by atoms with E-state index in [-0.39, 0.29) is 11.8 Å². The maximum atomic E-state index is 13.3. The monoisotopic (exact) mass is 336 g/mol. The second-order valence-electron chi connectivity index (χ2n) is 6.47. The number of urea groups is 1. The highest BCUT2D eigenvalue weighted by atomic mass is 16.3. The Bertz CT molecular complexity index is 886. The summed E-state index contributed by atoms with van der Waals surface area (Å²) in [4.78, 5) is 29.0. The topological polar surface area (TPSA) is 89.6 Å². The summed E-state index contributed by atoms with van der Waals surface area (Å²) >= 11 is 0. The zero-order valence-electron chi connectivity index (χ0n) is 13.6. The van der Waals surface area contributed by atoms with Crippen LogP contribution < -0.4 is 10.2 Å². The second kappa shape index (κ2) is 5.46. The molecule has 2 saturated heterocycles. The van der Waals surface area contributed by atoms with E-state index in [4.69, 9.17) is 9.68 Å².